The lowest BCUT2D eigenvalue weighted by Gasteiger charge is -2.08. The number of cyclic esters (lactones) is 1. The van der Waals surface area contributed by atoms with Crippen LogP contribution in [0.1, 0.15) is 45.1 Å². The number of allylic oxidation sites excluding steroid dienone is 1. The number of ether oxygens (including phenoxy) is 2. The zero-order chi connectivity index (χ0) is 16.7. The Morgan fingerprint density at radius 3 is 2.74 bits per heavy atom. The molecule has 1 aromatic rings. The van der Waals surface area contributed by atoms with Gasteiger partial charge in [-0.25, -0.2) is 9.79 Å². The molecule has 0 amide bonds. The standard InChI is InChI=1S/C18H21NO4/c1-3-4-6-11-15(22-13(2)20)12-16-18(21)23-17(19-16)14-9-7-5-8-10-14/h5,7-11,16H,3-4,6,12H2,1-2H3/b15-11-. The van der Waals surface area contributed by atoms with Crippen molar-refractivity contribution < 1.29 is 19.1 Å². The Morgan fingerprint density at radius 1 is 1.35 bits per heavy atom. The van der Waals surface area contributed by atoms with E-state index in [4.69, 9.17) is 9.47 Å². The minimum atomic E-state index is -0.669. The van der Waals surface area contributed by atoms with Gasteiger partial charge in [-0.15, -0.1) is 0 Å². The van der Waals surface area contributed by atoms with Crippen LogP contribution in [-0.4, -0.2) is 23.9 Å². The number of hydrogen-bond donors (Lipinski definition) is 0. The van der Waals surface area contributed by atoms with E-state index in [1.165, 1.54) is 6.92 Å². The summed E-state index contributed by atoms with van der Waals surface area (Å²) in [6.07, 6.45) is 4.94. The minimum absolute atomic E-state index is 0.235. The topological polar surface area (TPSA) is 65.0 Å². The van der Waals surface area contributed by atoms with Crippen molar-refractivity contribution in [2.24, 2.45) is 4.99 Å². The summed E-state index contributed by atoms with van der Waals surface area (Å²) < 4.78 is 10.4. The van der Waals surface area contributed by atoms with Gasteiger partial charge in [-0.1, -0.05) is 31.5 Å². The van der Waals surface area contributed by atoms with E-state index in [0.29, 0.717) is 11.7 Å². The van der Waals surface area contributed by atoms with Gasteiger partial charge < -0.3 is 9.47 Å². The Balaban J connectivity index is 2.09. The molecule has 122 valence electrons. The normalized spacial score (nSPS) is 17.7. The molecule has 0 spiro atoms. The van der Waals surface area contributed by atoms with Gasteiger partial charge in [-0.3, -0.25) is 4.79 Å². The lowest BCUT2D eigenvalue weighted by atomic mass is 10.1. The number of esters is 2. The van der Waals surface area contributed by atoms with Crippen LogP contribution in [0.15, 0.2) is 47.2 Å². The molecule has 23 heavy (non-hydrogen) atoms. The zero-order valence-corrected chi connectivity index (χ0v) is 13.5. The highest BCUT2D eigenvalue weighted by Gasteiger charge is 2.31. The first kappa shape index (κ1) is 16.9. The first-order valence-corrected chi connectivity index (χ1v) is 7.82. The Kier molecular flexibility index (Phi) is 6.09. The van der Waals surface area contributed by atoms with E-state index < -0.39 is 18.0 Å². The summed E-state index contributed by atoms with van der Waals surface area (Å²) in [7, 11) is 0. The molecule has 1 atom stereocenters. The maximum Gasteiger partial charge on any atom is 0.338 e. The molecule has 1 aliphatic rings. The number of unbranched alkanes of at least 4 members (excludes halogenated alkanes) is 2. The van der Waals surface area contributed by atoms with Crippen LogP contribution in [0.25, 0.3) is 0 Å². The van der Waals surface area contributed by atoms with Crippen LogP contribution in [0.2, 0.25) is 0 Å². The van der Waals surface area contributed by atoms with E-state index in [-0.39, 0.29) is 6.42 Å². The molecule has 0 aromatic heterocycles. The molecule has 0 N–H and O–H groups in total. The third kappa shape index (κ3) is 5.06. The quantitative estimate of drug-likeness (QED) is 0.439. The zero-order valence-electron chi connectivity index (χ0n) is 13.5. The van der Waals surface area contributed by atoms with Crippen LogP contribution in [-0.2, 0) is 19.1 Å². The number of benzene rings is 1. The maximum absolute atomic E-state index is 12.0. The van der Waals surface area contributed by atoms with Crippen molar-refractivity contribution in [3.8, 4) is 0 Å². The molecule has 5 nitrogen and oxygen atoms in total. The van der Waals surface area contributed by atoms with Gasteiger partial charge in [-0.05, 0) is 31.1 Å². The van der Waals surface area contributed by atoms with E-state index in [9.17, 15) is 9.59 Å². The molecular formula is C18H21NO4. The average Bonchev–Trinajstić information content (AvgIpc) is 2.89. The van der Waals surface area contributed by atoms with Crippen LogP contribution < -0.4 is 0 Å². The molecule has 0 bridgehead atoms. The fraction of sp³-hybridized carbons (Fsp3) is 0.389. The second-order valence-corrected chi connectivity index (χ2v) is 5.35. The third-order valence-corrected chi connectivity index (χ3v) is 3.36. The van der Waals surface area contributed by atoms with Crippen molar-refractivity contribution in [3.05, 3.63) is 47.7 Å². The lowest BCUT2D eigenvalue weighted by molar-refractivity contribution is -0.139. The summed E-state index contributed by atoms with van der Waals surface area (Å²) in [6, 6.07) is 8.59. The lowest BCUT2D eigenvalue weighted by Crippen LogP contribution is -2.17. The second kappa shape index (κ2) is 8.27. The Bertz CT molecular complexity index is 619. The molecule has 1 unspecified atom stereocenters. The number of hydrogen-bond acceptors (Lipinski definition) is 5. The van der Waals surface area contributed by atoms with Crippen molar-refractivity contribution in [2.45, 2.75) is 45.6 Å². The summed E-state index contributed by atoms with van der Waals surface area (Å²) in [5.41, 5.74) is 0.757. The molecule has 2 rings (SSSR count). The molecule has 1 aliphatic heterocycles. The molecule has 0 fully saturated rings. The number of aliphatic imine (C=N–C) groups is 1. The van der Waals surface area contributed by atoms with Crippen LogP contribution in [0.5, 0.6) is 0 Å². The Hall–Kier alpha value is -2.43. The SMILES string of the molecule is CCCC/C=C(/CC1N=C(c2ccccc2)OC1=O)OC(C)=O. The average molecular weight is 315 g/mol. The summed E-state index contributed by atoms with van der Waals surface area (Å²) in [4.78, 5) is 27.5. The van der Waals surface area contributed by atoms with Gasteiger partial charge >= 0.3 is 11.9 Å². The van der Waals surface area contributed by atoms with Gasteiger partial charge in [0.05, 0.1) is 0 Å². The van der Waals surface area contributed by atoms with Crippen molar-refractivity contribution in [3.63, 3.8) is 0 Å². The van der Waals surface area contributed by atoms with Gasteiger partial charge in [0.25, 0.3) is 0 Å². The monoisotopic (exact) mass is 315 g/mol. The van der Waals surface area contributed by atoms with Gasteiger partial charge in [0, 0.05) is 18.9 Å². The summed E-state index contributed by atoms with van der Waals surface area (Å²) in [5, 5.41) is 0. The van der Waals surface area contributed by atoms with E-state index in [0.717, 1.165) is 24.8 Å². The third-order valence-electron chi connectivity index (χ3n) is 3.36. The molecule has 0 radical (unpaired) electrons. The van der Waals surface area contributed by atoms with Crippen molar-refractivity contribution in [2.75, 3.05) is 0 Å². The first-order valence-electron chi connectivity index (χ1n) is 7.82. The van der Waals surface area contributed by atoms with Gasteiger partial charge in [-0.2, -0.15) is 0 Å². The predicted molar refractivity (Wildman–Crippen MR) is 86.9 cm³/mol. The predicted octanol–water partition coefficient (Wildman–Crippen LogP) is 3.39. The smallest absolute Gasteiger partial charge is 0.338 e. The highest BCUT2D eigenvalue weighted by atomic mass is 16.6. The Labute approximate surface area is 136 Å². The van der Waals surface area contributed by atoms with E-state index in [1.54, 1.807) is 0 Å². The van der Waals surface area contributed by atoms with Crippen molar-refractivity contribution >= 4 is 17.8 Å². The molecule has 0 aliphatic carbocycles. The van der Waals surface area contributed by atoms with Crippen molar-refractivity contribution in [1.82, 2.24) is 0 Å². The van der Waals surface area contributed by atoms with Crippen molar-refractivity contribution in [1.29, 1.82) is 0 Å². The fourth-order valence-electron chi connectivity index (χ4n) is 2.24. The van der Waals surface area contributed by atoms with Gasteiger partial charge in [0.15, 0.2) is 6.04 Å². The molecular weight excluding hydrogens is 294 g/mol. The summed E-state index contributed by atoms with van der Waals surface area (Å²) in [6.45, 7) is 3.43. The van der Waals surface area contributed by atoms with Crippen LogP contribution in [0.4, 0.5) is 0 Å². The van der Waals surface area contributed by atoms with E-state index in [1.807, 2.05) is 36.4 Å². The number of nitrogens with zero attached hydrogens (tertiary/aromatic N) is 1. The molecule has 0 saturated carbocycles. The number of carbonyl (C=O) groups is 2. The largest absolute Gasteiger partial charge is 0.432 e. The second-order valence-electron chi connectivity index (χ2n) is 5.35. The number of rotatable bonds is 7. The molecule has 1 aromatic carbocycles. The van der Waals surface area contributed by atoms with Gasteiger partial charge in [0.1, 0.15) is 5.76 Å². The molecule has 5 heteroatoms. The van der Waals surface area contributed by atoms with Crippen LogP contribution in [0.3, 0.4) is 0 Å². The fourth-order valence-corrected chi connectivity index (χ4v) is 2.24. The summed E-state index contributed by atoms with van der Waals surface area (Å²) in [5.74, 6) is -0.0222. The van der Waals surface area contributed by atoms with Gasteiger partial charge in [0.2, 0.25) is 5.90 Å². The Morgan fingerprint density at radius 2 is 2.09 bits per heavy atom. The van der Waals surface area contributed by atoms with E-state index >= 15 is 0 Å². The van der Waals surface area contributed by atoms with E-state index in [2.05, 4.69) is 11.9 Å². The van der Waals surface area contributed by atoms with Crippen LogP contribution in [0, 0.1) is 0 Å². The highest BCUT2D eigenvalue weighted by Crippen LogP contribution is 2.20. The minimum Gasteiger partial charge on any atom is -0.432 e. The maximum atomic E-state index is 12.0. The molecule has 1 heterocycles. The number of carbonyl (C=O) groups excluding carboxylic acids is 2. The molecule has 0 saturated heterocycles. The highest BCUT2D eigenvalue weighted by molar-refractivity contribution is 6.06. The summed E-state index contributed by atoms with van der Waals surface area (Å²) >= 11 is 0. The first-order chi connectivity index (χ1) is 11.1. The van der Waals surface area contributed by atoms with Crippen LogP contribution >= 0.6 is 0 Å².